The molecule has 1 aromatic heterocycles. The van der Waals surface area contributed by atoms with E-state index in [2.05, 4.69) is 10.3 Å². The molecule has 2 fully saturated rings. The number of piperidine rings is 1. The number of anilines is 1. The van der Waals surface area contributed by atoms with E-state index in [0.29, 0.717) is 30.0 Å². The van der Waals surface area contributed by atoms with Gasteiger partial charge in [0.2, 0.25) is 5.91 Å². The largest absolute Gasteiger partial charge is 0.462 e. The van der Waals surface area contributed by atoms with Crippen LogP contribution in [0.1, 0.15) is 43.0 Å². The Kier molecular flexibility index (Phi) is 4.79. The first-order valence-electron chi connectivity index (χ1n) is 8.36. The molecule has 124 valence electrons. The molecule has 1 saturated heterocycles. The number of ether oxygens (including phenoxy) is 1. The number of nitrogens with zero attached hydrogens (tertiary/aromatic N) is 2. The number of hydrogen-bond donors (Lipinski definition) is 1. The van der Waals surface area contributed by atoms with E-state index in [0.717, 1.165) is 44.6 Å². The molecule has 6 nitrogen and oxygen atoms in total. The number of aromatic nitrogens is 1. The van der Waals surface area contributed by atoms with E-state index >= 15 is 0 Å². The highest BCUT2D eigenvalue weighted by Crippen LogP contribution is 2.32. The van der Waals surface area contributed by atoms with Gasteiger partial charge in [0.1, 0.15) is 5.82 Å². The highest BCUT2D eigenvalue weighted by Gasteiger charge is 2.34. The van der Waals surface area contributed by atoms with Gasteiger partial charge in [0.05, 0.1) is 12.2 Å². The average molecular weight is 317 g/mol. The Balaban J connectivity index is 1.48. The fraction of sp³-hybridized carbons (Fsp3) is 0.588. The van der Waals surface area contributed by atoms with Gasteiger partial charge in [-0.05, 0) is 44.7 Å². The SMILES string of the molecule is CCOC(=O)c1ccc(NC2CCN(C(=O)C3CC3)CC2)nc1. The van der Waals surface area contributed by atoms with Gasteiger partial charge in [-0.25, -0.2) is 9.78 Å². The van der Waals surface area contributed by atoms with Gasteiger partial charge in [-0.1, -0.05) is 0 Å². The molecule has 6 heteroatoms. The van der Waals surface area contributed by atoms with E-state index in [1.165, 1.54) is 6.20 Å². The number of pyridine rings is 1. The van der Waals surface area contributed by atoms with Crippen LogP contribution < -0.4 is 5.32 Å². The van der Waals surface area contributed by atoms with Crippen LogP contribution in [0, 0.1) is 5.92 Å². The number of nitrogens with one attached hydrogen (secondary N) is 1. The van der Waals surface area contributed by atoms with Gasteiger partial charge in [-0.2, -0.15) is 0 Å². The van der Waals surface area contributed by atoms with Gasteiger partial charge < -0.3 is 15.0 Å². The Labute approximate surface area is 136 Å². The number of esters is 1. The van der Waals surface area contributed by atoms with Crippen molar-refractivity contribution in [1.82, 2.24) is 9.88 Å². The number of likely N-dealkylation sites (tertiary alicyclic amines) is 1. The van der Waals surface area contributed by atoms with Crippen molar-refractivity contribution >= 4 is 17.7 Å². The van der Waals surface area contributed by atoms with Crippen LogP contribution in [0.2, 0.25) is 0 Å². The summed E-state index contributed by atoms with van der Waals surface area (Å²) in [5, 5.41) is 3.38. The number of amides is 1. The molecule has 23 heavy (non-hydrogen) atoms. The molecule has 0 unspecified atom stereocenters. The van der Waals surface area contributed by atoms with E-state index in [1.807, 2.05) is 4.90 Å². The van der Waals surface area contributed by atoms with Crippen LogP contribution in [0.25, 0.3) is 0 Å². The molecule has 1 aromatic rings. The second-order valence-electron chi connectivity index (χ2n) is 6.17. The van der Waals surface area contributed by atoms with Crippen LogP contribution in [0.5, 0.6) is 0 Å². The molecule has 1 aliphatic carbocycles. The highest BCUT2D eigenvalue weighted by atomic mass is 16.5. The number of carbonyl (C=O) groups excluding carboxylic acids is 2. The quantitative estimate of drug-likeness (QED) is 0.842. The topological polar surface area (TPSA) is 71.5 Å². The van der Waals surface area contributed by atoms with Gasteiger partial charge in [0.15, 0.2) is 0 Å². The van der Waals surface area contributed by atoms with Crippen molar-refractivity contribution in [3.05, 3.63) is 23.9 Å². The summed E-state index contributed by atoms with van der Waals surface area (Å²) in [6.45, 7) is 3.76. The third-order valence-corrected chi connectivity index (χ3v) is 4.36. The highest BCUT2D eigenvalue weighted by molar-refractivity contribution is 5.89. The van der Waals surface area contributed by atoms with Crippen molar-refractivity contribution < 1.29 is 14.3 Å². The number of hydrogen-bond acceptors (Lipinski definition) is 5. The smallest absolute Gasteiger partial charge is 0.339 e. The summed E-state index contributed by atoms with van der Waals surface area (Å²) >= 11 is 0. The van der Waals surface area contributed by atoms with Crippen LogP contribution >= 0.6 is 0 Å². The molecule has 2 heterocycles. The Morgan fingerprint density at radius 2 is 2.00 bits per heavy atom. The lowest BCUT2D eigenvalue weighted by Crippen LogP contribution is -2.43. The molecule has 0 aromatic carbocycles. The summed E-state index contributed by atoms with van der Waals surface area (Å²) in [5.74, 6) is 1.04. The zero-order chi connectivity index (χ0) is 16.2. The Bertz CT molecular complexity index is 561. The summed E-state index contributed by atoms with van der Waals surface area (Å²) in [5.41, 5.74) is 0.460. The fourth-order valence-corrected chi connectivity index (χ4v) is 2.86. The molecule has 1 N–H and O–H groups in total. The van der Waals surface area contributed by atoms with Crippen LogP contribution in [0.3, 0.4) is 0 Å². The van der Waals surface area contributed by atoms with Crippen LogP contribution in [-0.4, -0.2) is 47.5 Å². The van der Waals surface area contributed by atoms with Crippen LogP contribution in [-0.2, 0) is 9.53 Å². The van der Waals surface area contributed by atoms with E-state index < -0.39 is 0 Å². The van der Waals surface area contributed by atoms with Gasteiger partial charge in [-0.3, -0.25) is 4.79 Å². The van der Waals surface area contributed by atoms with Crippen LogP contribution in [0.15, 0.2) is 18.3 Å². The molecular formula is C17H23N3O3. The standard InChI is InChI=1S/C17H23N3O3/c1-2-23-17(22)13-5-6-15(18-11-13)19-14-7-9-20(10-8-14)16(21)12-3-4-12/h5-6,11-12,14H,2-4,7-10H2,1H3,(H,18,19). The first-order chi connectivity index (χ1) is 11.2. The van der Waals surface area contributed by atoms with Gasteiger partial charge in [0, 0.05) is 31.2 Å². The zero-order valence-corrected chi connectivity index (χ0v) is 13.5. The number of carbonyl (C=O) groups is 2. The van der Waals surface area contributed by atoms with Gasteiger partial charge in [0.25, 0.3) is 0 Å². The van der Waals surface area contributed by atoms with E-state index in [-0.39, 0.29) is 5.97 Å². The lowest BCUT2D eigenvalue weighted by molar-refractivity contribution is -0.133. The maximum Gasteiger partial charge on any atom is 0.339 e. The van der Waals surface area contributed by atoms with Crippen LogP contribution in [0.4, 0.5) is 5.82 Å². The van der Waals surface area contributed by atoms with Crippen molar-refractivity contribution in [1.29, 1.82) is 0 Å². The summed E-state index contributed by atoms with van der Waals surface area (Å²) in [6, 6.07) is 3.84. The molecule has 1 amide bonds. The van der Waals surface area contributed by atoms with Crippen molar-refractivity contribution in [2.45, 2.75) is 38.6 Å². The molecule has 0 radical (unpaired) electrons. The molecule has 1 aliphatic heterocycles. The summed E-state index contributed by atoms with van der Waals surface area (Å²) in [4.78, 5) is 29.9. The molecular weight excluding hydrogens is 294 g/mol. The van der Waals surface area contributed by atoms with E-state index in [1.54, 1.807) is 19.1 Å². The van der Waals surface area contributed by atoms with Crippen molar-refractivity contribution in [2.24, 2.45) is 5.92 Å². The third kappa shape index (κ3) is 4.00. The predicted octanol–water partition coefficient (Wildman–Crippen LogP) is 2.07. The van der Waals surface area contributed by atoms with Crippen molar-refractivity contribution in [3.63, 3.8) is 0 Å². The maximum absolute atomic E-state index is 12.0. The van der Waals surface area contributed by atoms with Gasteiger partial charge >= 0.3 is 5.97 Å². The Morgan fingerprint density at radius 1 is 1.26 bits per heavy atom. The van der Waals surface area contributed by atoms with Crippen molar-refractivity contribution in [3.8, 4) is 0 Å². The number of rotatable bonds is 5. The summed E-state index contributed by atoms with van der Waals surface area (Å²) < 4.78 is 4.94. The molecule has 0 bridgehead atoms. The Hall–Kier alpha value is -2.11. The maximum atomic E-state index is 12.0. The predicted molar refractivity (Wildman–Crippen MR) is 86.1 cm³/mol. The Morgan fingerprint density at radius 3 is 2.57 bits per heavy atom. The molecule has 1 saturated carbocycles. The minimum atomic E-state index is -0.349. The second-order valence-corrected chi connectivity index (χ2v) is 6.17. The first kappa shape index (κ1) is 15.8. The average Bonchev–Trinajstić information content (AvgIpc) is 3.41. The molecule has 2 aliphatic rings. The van der Waals surface area contributed by atoms with Gasteiger partial charge in [-0.15, -0.1) is 0 Å². The minimum Gasteiger partial charge on any atom is -0.462 e. The van der Waals surface area contributed by atoms with E-state index in [9.17, 15) is 9.59 Å². The molecule has 0 spiro atoms. The summed E-state index contributed by atoms with van der Waals surface area (Å²) in [6.07, 6.45) is 5.52. The van der Waals surface area contributed by atoms with Crippen molar-refractivity contribution in [2.75, 3.05) is 25.0 Å². The first-order valence-corrected chi connectivity index (χ1v) is 8.36. The fourth-order valence-electron chi connectivity index (χ4n) is 2.86. The molecule has 3 rings (SSSR count). The monoisotopic (exact) mass is 317 g/mol. The third-order valence-electron chi connectivity index (χ3n) is 4.36. The zero-order valence-electron chi connectivity index (χ0n) is 13.5. The molecule has 0 atom stereocenters. The normalized spacial score (nSPS) is 18.6. The van der Waals surface area contributed by atoms with E-state index in [4.69, 9.17) is 4.74 Å². The summed E-state index contributed by atoms with van der Waals surface area (Å²) in [7, 11) is 0. The lowest BCUT2D eigenvalue weighted by atomic mass is 10.0. The minimum absolute atomic E-state index is 0.302. The second kappa shape index (κ2) is 6.98. The lowest BCUT2D eigenvalue weighted by Gasteiger charge is -2.32.